The van der Waals surface area contributed by atoms with Crippen molar-refractivity contribution in [2.45, 2.75) is 0 Å². The Morgan fingerprint density at radius 1 is 1.11 bits per heavy atom. The minimum absolute atomic E-state index is 0.291. The molecule has 2 nitrogen and oxygen atoms in total. The van der Waals surface area contributed by atoms with Crippen LogP contribution in [0.1, 0.15) is 11.3 Å². The van der Waals surface area contributed by atoms with Crippen molar-refractivity contribution in [3.63, 3.8) is 0 Å². The van der Waals surface area contributed by atoms with Gasteiger partial charge >= 0.3 is 0 Å². The largest absolute Gasteiger partial charge is 0.251 e. The van der Waals surface area contributed by atoms with Crippen molar-refractivity contribution in [1.29, 1.82) is 0 Å². The van der Waals surface area contributed by atoms with Crippen molar-refractivity contribution >= 4 is 22.4 Å². The number of halogens is 1. The summed E-state index contributed by atoms with van der Waals surface area (Å²) in [5, 5.41) is 3.86. The van der Waals surface area contributed by atoms with Gasteiger partial charge in [-0.05, 0) is 24.1 Å². The van der Waals surface area contributed by atoms with E-state index in [0.29, 0.717) is 11.3 Å². The van der Waals surface area contributed by atoms with Crippen molar-refractivity contribution in [2.75, 3.05) is 0 Å². The Labute approximate surface area is 107 Å². The van der Waals surface area contributed by atoms with Crippen LogP contribution in [-0.2, 0) is 0 Å². The summed E-state index contributed by atoms with van der Waals surface area (Å²) in [6.07, 6.45) is 1.63. The monoisotopic (exact) mass is 254 g/mol. The van der Waals surface area contributed by atoms with Gasteiger partial charge in [-0.15, -0.1) is 11.3 Å². The average Bonchev–Trinajstić information content (AvgIpc) is 2.84. The van der Waals surface area contributed by atoms with Crippen LogP contribution in [0.2, 0.25) is 0 Å². The maximum Gasteiger partial charge on any atom is 0.132 e. The second-order valence-corrected chi connectivity index (χ2v) is 4.40. The third-order valence-corrected chi connectivity index (χ3v) is 3.07. The van der Waals surface area contributed by atoms with Crippen molar-refractivity contribution in [3.05, 3.63) is 58.3 Å². The standard InChI is InChI=1S/C14H7FN2S/c15-11-3-1-2-10(6-11)4-5-12-7-16-13-8-18-9-14(13)17-12/h1-3,6-9H. The minimum Gasteiger partial charge on any atom is -0.251 e. The Hall–Kier alpha value is -2.25. The summed E-state index contributed by atoms with van der Waals surface area (Å²) in [5.41, 5.74) is 2.93. The number of rotatable bonds is 0. The maximum absolute atomic E-state index is 13.0. The van der Waals surface area contributed by atoms with Crippen LogP contribution in [-0.4, -0.2) is 9.97 Å². The fourth-order valence-corrected chi connectivity index (χ4v) is 2.20. The van der Waals surface area contributed by atoms with Crippen LogP contribution in [0, 0.1) is 17.7 Å². The van der Waals surface area contributed by atoms with Crippen LogP contribution in [0.15, 0.2) is 41.2 Å². The van der Waals surface area contributed by atoms with Crippen LogP contribution in [0.5, 0.6) is 0 Å². The van der Waals surface area contributed by atoms with Gasteiger partial charge in [0.1, 0.15) is 17.0 Å². The molecule has 0 atom stereocenters. The zero-order chi connectivity index (χ0) is 12.4. The molecular weight excluding hydrogens is 247 g/mol. The molecule has 3 rings (SSSR count). The quantitative estimate of drug-likeness (QED) is 0.576. The highest BCUT2D eigenvalue weighted by Gasteiger charge is 1.97. The molecule has 86 valence electrons. The Morgan fingerprint density at radius 3 is 2.89 bits per heavy atom. The van der Waals surface area contributed by atoms with E-state index in [-0.39, 0.29) is 5.82 Å². The van der Waals surface area contributed by atoms with Crippen LogP contribution < -0.4 is 0 Å². The molecule has 0 N–H and O–H groups in total. The molecular formula is C14H7FN2S. The Kier molecular flexibility index (Phi) is 2.75. The molecule has 3 aromatic rings. The molecule has 0 aliphatic carbocycles. The van der Waals surface area contributed by atoms with E-state index in [1.807, 2.05) is 10.8 Å². The molecule has 0 spiro atoms. The fraction of sp³-hybridized carbons (Fsp3) is 0. The Morgan fingerprint density at radius 2 is 2.00 bits per heavy atom. The third kappa shape index (κ3) is 2.22. The summed E-state index contributed by atoms with van der Waals surface area (Å²) in [7, 11) is 0. The molecule has 0 amide bonds. The summed E-state index contributed by atoms with van der Waals surface area (Å²) in [5.74, 6) is 5.46. The molecule has 1 aromatic carbocycles. The summed E-state index contributed by atoms with van der Waals surface area (Å²) in [4.78, 5) is 8.60. The van der Waals surface area contributed by atoms with Gasteiger partial charge in [0.05, 0.1) is 11.7 Å². The predicted octanol–water partition coefficient (Wildman–Crippen LogP) is 3.23. The minimum atomic E-state index is -0.291. The molecule has 18 heavy (non-hydrogen) atoms. The second kappa shape index (κ2) is 4.55. The van der Waals surface area contributed by atoms with Gasteiger partial charge in [-0.2, -0.15) is 0 Å². The van der Waals surface area contributed by atoms with E-state index in [1.54, 1.807) is 29.7 Å². The lowest BCUT2D eigenvalue weighted by molar-refractivity contribution is 0.627. The van der Waals surface area contributed by atoms with Gasteiger partial charge < -0.3 is 0 Å². The Balaban J connectivity index is 1.97. The number of benzene rings is 1. The fourth-order valence-electron chi connectivity index (χ4n) is 1.52. The SMILES string of the molecule is Fc1cccc(C#Cc2cnc3cscc3n2)c1. The highest BCUT2D eigenvalue weighted by atomic mass is 32.1. The van der Waals surface area contributed by atoms with E-state index in [0.717, 1.165) is 11.0 Å². The van der Waals surface area contributed by atoms with E-state index in [2.05, 4.69) is 21.8 Å². The highest BCUT2D eigenvalue weighted by Crippen LogP contribution is 2.13. The zero-order valence-corrected chi connectivity index (χ0v) is 10.0. The van der Waals surface area contributed by atoms with Gasteiger partial charge in [0, 0.05) is 16.3 Å². The van der Waals surface area contributed by atoms with Crippen LogP contribution in [0.4, 0.5) is 4.39 Å². The lowest BCUT2D eigenvalue weighted by Crippen LogP contribution is -1.85. The second-order valence-electron chi connectivity index (χ2n) is 3.66. The summed E-state index contributed by atoms with van der Waals surface area (Å²) in [6, 6.07) is 6.17. The zero-order valence-electron chi connectivity index (χ0n) is 9.22. The van der Waals surface area contributed by atoms with E-state index in [1.165, 1.54) is 12.1 Å². The molecule has 0 saturated carbocycles. The van der Waals surface area contributed by atoms with E-state index < -0.39 is 0 Å². The molecule has 0 unspecified atom stereocenters. The normalized spacial score (nSPS) is 10.1. The third-order valence-electron chi connectivity index (χ3n) is 2.35. The van der Waals surface area contributed by atoms with Gasteiger partial charge in [0.15, 0.2) is 0 Å². The number of hydrogen-bond acceptors (Lipinski definition) is 3. The molecule has 0 radical (unpaired) electrons. The Bertz CT molecular complexity index is 768. The van der Waals surface area contributed by atoms with Crippen LogP contribution in [0.25, 0.3) is 11.0 Å². The summed E-state index contributed by atoms with van der Waals surface area (Å²) in [6.45, 7) is 0. The highest BCUT2D eigenvalue weighted by molar-refractivity contribution is 7.09. The van der Waals surface area contributed by atoms with E-state index in [9.17, 15) is 4.39 Å². The lowest BCUT2D eigenvalue weighted by Gasteiger charge is -1.91. The van der Waals surface area contributed by atoms with Crippen molar-refractivity contribution in [2.24, 2.45) is 0 Å². The lowest BCUT2D eigenvalue weighted by atomic mass is 10.2. The molecule has 0 aliphatic rings. The first-order chi connectivity index (χ1) is 8.81. The smallest absolute Gasteiger partial charge is 0.132 e. The predicted molar refractivity (Wildman–Crippen MR) is 69.8 cm³/mol. The molecule has 0 saturated heterocycles. The summed E-state index contributed by atoms with van der Waals surface area (Å²) < 4.78 is 13.0. The van der Waals surface area contributed by atoms with Gasteiger partial charge in [-0.1, -0.05) is 12.0 Å². The molecule has 0 fully saturated rings. The van der Waals surface area contributed by atoms with Gasteiger partial charge in [0.2, 0.25) is 0 Å². The van der Waals surface area contributed by atoms with Crippen molar-refractivity contribution in [3.8, 4) is 11.8 Å². The summed E-state index contributed by atoms with van der Waals surface area (Å²) >= 11 is 1.56. The van der Waals surface area contributed by atoms with Crippen LogP contribution in [0.3, 0.4) is 0 Å². The topological polar surface area (TPSA) is 25.8 Å². The van der Waals surface area contributed by atoms with Gasteiger partial charge in [-0.3, -0.25) is 4.98 Å². The van der Waals surface area contributed by atoms with Crippen LogP contribution >= 0.6 is 11.3 Å². The number of aromatic nitrogens is 2. The first-order valence-electron chi connectivity index (χ1n) is 5.28. The maximum atomic E-state index is 13.0. The number of fused-ring (bicyclic) bond motifs is 1. The number of thiophene rings is 1. The number of hydrogen-bond donors (Lipinski definition) is 0. The van der Waals surface area contributed by atoms with Gasteiger partial charge in [0.25, 0.3) is 0 Å². The molecule has 0 aliphatic heterocycles. The first-order valence-corrected chi connectivity index (χ1v) is 6.22. The molecule has 2 heterocycles. The number of nitrogens with zero attached hydrogens (tertiary/aromatic N) is 2. The molecule has 4 heteroatoms. The first kappa shape index (κ1) is 10.9. The van der Waals surface area contributed by atoms with E-state index in [4.69, 9.17) is 0 Å². The van der Waals surface area contributed by atoms with Crippen molar-refractivity contribution < 1.29 is 4.39 Å². The van der Waals surface area contributed by atoms with Gasteiger partial charge in [-0.25, -0.2) is 9.37 Å². The molecule has 2 aromatic heterocycles. The van der Waals surface area contributed by atoms with Crippen molar-refractivity contribution in [1.82, 2.24) is 9.97 Å². The average molecular weight is 254 g/mol. The molecule has 0 bridgehead atoms. The van der Waals surface area contributed by atoms with E-state index >= 15 is 0 Å².